The number of rotatable bonds is 3. The van der Waals surface area contributed by atoms with Crippen LogP contribution in [0.25, 0.3) is 0 Å². The second-order valence-corrected chi connectivity index (χ2v) is 4.97. The van der Waals surface area contributed by atoms with E-state index in [2.05, 4.69) is 36.7 Å². The van der Waals surface area contributed by atoms with Crippen LogP contribution in [0.4, 0.5) is 0 Å². The van der Waals surface area contributed by atoms with Gasteiger partial charge in [-0.15, -0.1) is 0 Å². The molecule has 78 valence electrons. The van der Waals surface area contributed by atoms with Gasteiger partial charge in [-0.3, -0.25) is 4.68 Å². The standard InChI is InChI=1S/C12H20N2/c1-4-7-12(2,3)10-9-13-14-8-5-6-11(10)14/h9H,4-8H2,1-3H3. The van der Waals surface area contributed by atoms with Gasteiger partial charge in [0.15, 0.2) is 0 Å². The summed E-state index contributed by atoms with van der Waals surface area (Å²) in [5.74, 6) is 0. The van der Waals surface area contributed by atoms with Crippen LogP contribution < -0.4 is 0 Å². The molecule has 1 aromatic heterocycles. The SMILES string of the molecule is CCCC(C)(C)c1cnn2c1CCC2. The highest BCUT2D eigenvalue weighted by Gasteiger charge is 2.27. The van der Waals surface area contributed by atoms with Gasteiger partial charge in [-0.2, -0.15) is 5.10 Å². The molecule has 1 aliphatic heterocycles. The third kappa shape index (κ3) is 1.47. The fourth-order valence-corrected chi connectivity index (χ4v) is 2.59. The van der Waals surface area contributed by atoms with E-state index < -0.39 is 0 Å². The van der Waals surface area contributed by atoms with Gasteiger partial charge in [0.05, 0.1) is 6.20 Å². The second-order valence-electron chi connectivity index (χ2n) is 4.97. The van der Waals surface area contributed by atoms with Gasteiger partial charge in [0.25, 0.3) is 0 Å². The molecule has 0 fully saturated rings. The van der Waals surface area contributed by atoms with E-state index in [1.165, 1.54) is 36.9 Å². The number of aryl methyl sites for hydroxylation is 1. The Morgan fingerprint density at radius 1 is 1.50 bits per heavy atom. The molecule has 2 rings (SSSR count). The molecule has 0 aromatic carbocycles. The number of nitrogens with zero attached hydrogens (tertiary/aromatic N) is 2. The Bertz CT molecular complexity index is 323. The van der Waals surface area contributed by atoms with Crippen molar-refractivity contribution in [1.82, 2.24) is 9.78 Å². The van der Waals surface area contributed by atoms with E-state index in [0.717, 1.165) is 6.54 Å². The Hall–Kier alpha value is -0.790. The van der Waals surface area contributed by atoms with Crippen LogP contribution in [0.3, 0.4) is 0 Å². The van der Waals surface area contributed by atoms with Gasteiger partial charge in [-0.1, -0.05) is 27.2 Å². The molecular formula is C12H20N2. The van der Waals surface area contributed by atoms with E-state index in [9.17, 15) is 0 Å². The molecule has 0 saturated carbocycles. The van der Waals surface area contributed by atoms with Crippen molar-refractivity contribution >= 4 is 0 Å². The van der Waals surface area contributed by atoms with Crippen LogP contribution in [0.2, 0.25) is 0 Å². The van der Waals surface area contributed by atoms with Crippen LogP contribution >= 0.6 is 0 Å². The van der Waals surface area contributed by atoms with Gasteiger partial charge < -0.3 is 0 Å². The van der Waals surface area contributed by atoms with Crippen molar-refractivity contribution in [3.8, 4) is 0 Å². The molecule has 0 unspecified atom stereocenters. The van der Waals surface area contributed by atoms with Crippen molar-refractivity contribution in [2.45, 2.75) is 58.4 Å². The highest BCUT2D eigenvalue weighted by Crippen LogP contribution is 2.33. The average Bonchev–Trinajstić information content (AvgIpc) is 2.60. The summed E-state index contributed by atoms with van der Waals surface area (Å²) in [5, 5.41) is 4.46. The Morgan fingerprint density at radius 2 is 2.29 bits per heavy atom. The number of aromatic nitrogens is 2. The largest absolute Gasteiger partial charge is 0.269 e. The summed E-state index contributed by atoms with van der Waals surface area (Å²) in [6.07, 6.45) is 7.09. The lowest BCUT2D eigenvalue weighted by Crippen LogP contribution is -2.17. The van der Waals surface area contributed by atoms with Gasteiger partial charge in [0, 0.05) is 12.2 Å². The topological polar surface area (TPSA) is 17.8 Å². The fourth-order valence-electron chi connectivity index (χ4n) is 2.59. The molecule has 14 heavy (non-hydrogen) atoms. The van der Waals surface area contributed by atoms with Gasteiger partial charge in [-0.05, 0) is 30.2 Å². The van der Waals surface area contributed by atoms with E-state index in [1.807, 2.05) is 0 Å². The maximum atomic E-state index is 4.46. The van der Waals surface area contributed by atoms with E-state index in [-0.39, 0.29) is 0 Å². The molecule has 0 bridgehead atoms. The summed E-state index contributed by atoms with van der Waals surface area (Å²) in [7, 11) is 0. The minimum atomic E-state index is 0.312. The first-order valence-electron chi connectivity index (χ1n) is 5.70. The molecule has 0 atom stereocenters. The zero-order chi connectivity index (χ0) is 10.2. The third-order valence-electron chi connectivity index (χ3n) is 3.34. The first kappa shape index (κ1) is 9.75. The Morgan fingerprint density at radius 3 is 3.00 bits per heavy atom. The van der Waals surface area contributed by atoms with Gasteiger partial charge >= 0.3 is 0 Å². The summed E-state index contributed by atoms with van der Waals surface area (Å²) in [5.41, 5.74) is 3.28. The van der Waals surface area contributed by atoms with Crippen molar-refractivity contribution in [2.75, 3.05) is 0 Å². The van der Waals surface area contributed by atoms with E-state index in [0.29, 0.717) is 5.41 Å². The maximum absolute atomic E-state index is 4.46. The first-order chi connectivity index (χ1) is 6.65. The molecule has 0 N–H and O–H groups in total. The Labute approximate surface area is 86.3 Å². The van der Waals surface area contributed by atoms with Gasteiger partial charge in [0.1, 0.15) is 0 Å². The number of hydrogen-bond acceptors (Lipinski definition) is 1. The van der Waals surface area contributed by atoms with Crippen molar-refractivity contribution in [3.05, 3.63) is 17.5 Å². The summed E-state index contributed by atoms with van der Waals surface area (Å²) in [6, 6.07) is 0. The molecule has 0 radical (unpaired) electrons. The Balaban J connectivity index is 2.32. The highest BCUT2D eigenvalue weighted by molar-refractivity contribution is 5.28. The quantitative estimate of drug-likeness (QED) is 0.720. The van der Waals surface area contributed by atoms with Crippen molar-refractivity contribution in [1.29, 1.82) is 0 Å². The van der Waals surface area contributed by atoms with Crippen LogP contribution in [-0.4, -0.2) is 9.78 Å². The van der Waals surface area contributed by atoms with Crippen LogP contribution in [0.1, 0.15) is 51.3 Å². The van der Waals surface area contributed by atoms with Crippen molar-refractivity contribution in [3.63, 3.8) is 0 Å². The second kappa shape index (κ2) is 3.41. The van der Waals surface area contributed by atoms with Crippen molar-refractivity contribution in [2.24, 2.45) is 0 Å². The fraction of sp³-hybridized carbons (Fsp3) is 0.750. The van der Waals surface area contributed by atoms with Crippen LogP contribution in [0.5, 0.6) is 0 Å². The first-order valence-corrected chi connectivity index (χ1v) is 5.70. The minimum absolute atomic E-state index is 0.312. The molecule has 1 aromatic rings. The number of hydrogen-bond donors (Lipinski definition) is 0. The third-order valence-corrected chi connectivity index (χ3v) is 3.34. The molecule has 0 saturated heterocycles. The molecule has 0 spiro atoms. The summed E-state index contributed by atoms with van der Waals surface area (Å²) in [4.78, 5) is 0. The summed E-state index contributed by atoms with van der Waals surface area (Å²) < 4.78 is 2.19. The van der Waals surface area contributed by atoms with E-state index >= 15 is 0 Å². The van der Waals surface area contributed by atoms with E-state index in [1.54, 1.807) is 0 Å². The lowest BCUT2D eigenvalue weighted by atomic mass is 9.80. The van der Waals surface area contributed by atoms with Gasteiger partial charge in [-0.25, -0.2) is 0 Å². The predicted molar refractivity (Wildman–Crippen MR) is 58.5 cm³/mol. The highest BCUT2D eigenvalue weighted by atomic mass is 15.3. The normalized spacial score (nSPS) is 15.9. The molecule has 0 aliphatic carbocycles. The molecule has 2 heteroatoms. The van der Waals surface area contributed by atoms with Crippen LogP contribution in [0.15, 0.2) is 6.20 Å². The molecule has 1 aliphatic rings. The Kier molecular flexibility index (Phi) is 2.38. The summed E-state index contributed by atoms with van der Waals surface area (Å²) >= 11 is 0. The maximum Gasteiger partial charge on any atom is 0.0530 e. The summed E-state index contributed by atoms with van der Waals surface area (Å²) in [6.45, 7) is 8.06. The lowest BCUT2D eigenvalue weighted by Gasteiger charge is -2.23. The lowest BCUT2D eigenvalue weighted by molar-refractivity contribution is 0.469. The zero-order valence-corrected chi connectivity index (χ0v) is 9.51. The smallest absolute Gasteiger partial charge is 0.0530 e. The van der Waals surface area contributed by atoms with Crippen LogP contribution in [0, 0.1) is 0 Å². The predicted octanol–water partition coefficient (Wildman–Crippen LogP) is 2.91. The van der Waals surface area contributed by atoms with Gasteiger partial charge in [0.2, 0.25) is 0 Å². The van der Waals surface area contributed by atoms with E-state index in [4.69, 9.17) is 0 Å². The molecule has 0 amide bonds. The molecule has 2 heterocycles. The van der Waals surface area contributed by atoms with Crippen molar-refractivity contribution < 1.29 is 0 Å². The molecule has 2 nitrogen and oxygen atoms in total. The minimum Gasteiger partial charge on any atom is -0.269 e. The van der Waals surface area contributed by atoms with Crippen LogP contribution in [-0.2, 0) is 18.4 Å². The average molecular weight is 192 g/mol. The molecular weight excluding hydrogens is 172 g/mol. The monoisotopic (exact) mass is 192 g/mol. The number of fused-ring (bicyclic) bond motifs is 1. The zero-order valence-electron chi connectivity index (χ0n) is 9.51.